The molecule has 0 unspecified atom stereocenters. The lowest BCUT2D eigenvalue weighted by atomic mass is 10.2. The van der Waals surface area contributed by atoms with Gasteiger partial charge in [-0.25, -0.2) is 0 Å². The number of rotatable bonds is 0. The number of nitrogens with one attached hydrogen (secondary N) is 1. The molecule has 0 aromatic heterocycles. The summed E-state index contributed by atoms with van der Waals surface area (Å²) in [5, 5.41) is 3.38. The van der Waals surface area contributed by atoms with E-state index in [4.69, 9.17) is 0 Å². The molecule has 1 nitrogen and oxygen atoms in total. The predicted molar refractivity (Wildman–Crippen MR) is 52.8 cm³/mol. The third-order valence-corrected chi connectivity index (χ3v) is 3.00. The van der Waals surface area contributed by atoms with Gasteiger partial charge in [0.2, 0.25) is 0 Å². The molecule has 0 aliphatic carbocycles. The van der Waals surface area contributed by atoms with Crippen LogP contribution in [0.4, 0.5) is 0 Å². The summed E-state index contributed by atoms with van der Waals surface area (Å²) < 4.78 is 0. The summed E-state index contributed by atoms with van der Waals surface area (Å²) >= 11 is 1.95. The number of thioether (sulfide) groups is 1. The van der Waals surface area contributed by atoms with Crippen LogP contribution >= 0.6 is 11.8 Å². The Bertz CT molecular complexity index is 162. The third-order valence-electron chi connectivity index (χ3n) is 1.78. The van der Waals surface area contributed by atoms with Gasteiger partial charge < -0.3 is 5.32 Å². The van der Waals surface area contributed by atoms with Gasteiger partial charge in [0.25, 0.3) is 0 Å². The van der Waals surface area contributed by atoms with E-state index in [2.05, 4.69) is 31.3 Å². The smallest absolute Gasteiger partial charge is 0.0213 e. The van der Waals surface area contributed by atoms with E-state index in [0.29, 0.717) is 0 Å². The van der Waals surface area contributed by atoms with Crippen LogP contribution in [0.25, 0.3) is 0 Å². The summed E-state index contributed by atoms with van der Waals surface area (Å²) in [6, 6.07) is 0. The summed E-state index contributed by atoms with van der Waals surface area (Å²) in [5.41, 5.74) is 1.44. The number of hydrogen-bond acceptors (Lipinski definition) is 2. The van der Waals surface area contributed by atoms with Crippen LogP contribution in [-0.4, -0.2) is 18.8 Å². The highest BCUT2D eigenvalue weighted by molar-refractivity contribution is 8.03. The van der Waals surface area contributed by atoms with Crippen molar-refractivity contribution in [1.82, 2.24) is 5.32 Å². The minimum Gasteiger partial charge on any atom is -0.312 e. The quantitative estimate of drug-likeness (QED) is 0.596. The minimum atomic E-state index is 1.03. The van der Waals surface area contributed by atoms with Gasteiger partial charge in [0, 0.05) is 23.7 Å². The fourth-order valence-electron chi connectivity index (χ4n) is 1.15. The van der Waals surface area contributed by atoms with Crippen LogP contribution in [0.3, 0.4) is 0 Å². The Kier molecular flexibility index (Phi) is 3.73. The highest BCUT2D eigenvalue weighted by Crippen LogP contribution is 2.24. The molecular weight excluding hydrogens is 154 g/mol. The maximum absolute atomic E-state index is 3.38. The van der Waals surface area contributed by atoms with Crippen LogP contribution < -0.4 is 5.32 Å². The zero-order valence-electron chi connectivity index (χ0n) is 7.18. The summed E-state index contributed by atoms with van der Waals surface area (Å²) in [7, 11) is 0. The van der Waals surface area contributed by atoms with Crippen molar-refractivity contribution in [3.63, 3.8) is 0 Å². The first kappa shape index (κ1) is 8.88. The fraction of sp³-hybridized carbons (Fsp3) is 0.556. The van der Waals surface area contributed by atoms with Crippen molar-refractivity contribution in [2.45, 2.75) is 13.8 Å². The summed E-state index contributed by atoms with van der Waals surface area (Å²) in [4.78, 5) is 1.44. The highest BCUT2D eigenvalue weighted by Gasteiger charge is 2.07. The highest BCUT2D eigenvalue weighted by atomic mass is 32.2. The standard InChI is InChI=1S/C9H15NS/c1-3-8-7-10-5-6-11-9(8)4-2/h3-4,10H,5-7H2,1-2H3/b8-3-,9-4+. The van der Waals surface area contributed by atoms with Crippen molar-refractivity contribution in [2.75, 3.05) is 18.8 Å². The Labute approximate surface area is 72.9 Å². The molecule has 0 spiro atoms. The van der Waals surface area contributed by atoms with E-state index in [0.717, 1.165) is 13.1 Å². The molecule has 0 aromatic carbocycles. The van der Waals surface area contributed by atoms with Gasteiger partial charge in [-0.1, -0.05) is 12.2 Å². The molecule has 0 aromatic rings. The molecule has 1 fully saturated rings. The fourth-order valence-corrected chi connectivity index (χ4v) is 2.16. The maximum Gasteiger partial charge on any atom is 0.0213 e. The Morgan fingerprint density at radius 3 is 2.82 bits per heavy atom. The zero-order chi connectivity index (χ0) is 8.10. The second-order valence-corrected chi connectivity index (χ2v) is 3.63. The Balaban J connectivity index is 2.71. The van der Waals surface area contributed by atoms with Crippen LogP contribution in [0, 0.1) is 0 Å². The Hall–Kier alpha value is -0.210. The van der Waals surface area contributed by atoms with Gasteiger partial charge in [-0.15, -0.1) is 11.8 Å². The van der Waals surface area contributed by atoms with Gasteiger partial charge in [-0.2, -0.15) is 0 Å². The van der Waals surface area contributed by atoms with E-state index in [1.165, 1.54) is 16.2 Å². The van der Waals surface area contributed by atoms with Gasteiger partial charge in [0.05, 0.1) is 0 Å². The molecule has 0 amide bonds. The van der Waals surface area contributed by atoms with E-state index in [9.17, 15) is 0 Å². The van der Waals surface area contributed by atoms with Gasteiger partial charge >= 0.3 is 0 Å². The molecule has 0 saturated carbocycles. The first-order valence-electron chi connectivity index (χ1n) is 4.04. The van der Waals surface area contributed by atoms with E-state index >= 15 is 0 Å². The van der Waals surface area contributed by atoms with Crippen molar-refractivity contribution < 1.29 is 0 Å². The molecule has 1 saturated heterocycles. The lowest BCUT2D eigenvalue weighted by molar-refractivity contribution is 0.796. The molecule has 1 aliphatic rings. The molecule has 0 bridgehead atoms. The first-order valence-corrected chi connectivity index (χ1v) is 5.02. The predicted octanol–water partition coefficient (Wildman–Crippen LogP) is 2.17. The van der Waals surface area contributed by atoms with Crippen LogP contribution in [-0.2, 0) is 0 Å². The van der Waals surface area contributed by atoms with Crippen LogP contribution in [0.15, 0.2) is 22.6 Å². The van der Waals surface area contributed by atoms with Crippen molar-refractivity contribution in [3.05, 3.63) is 22.6 Å². The Morgan fingerprint density at radius 2 is 2.18 bits per heavy atom. The maximum atomic E-state index is 3.38. The summed E-state index contributed by atoms with van der Waals surface area (Å²) in [6.45, 7) is 6.37. The zero-order valence-corrected chi connectivity index (χ0v) is 8.00. The topological polar surface area (TPSA) is 12.0 Å². The van der Waals surface area contributed by atoms with Crippen molar-refractivity contribution in [3.8, 4) is 0 Å². The lowest BCUT2D eigenvalue weighted by Crippen LogP contribution is -2.16. The molecule has 1 N–H and O–H groups in total. The molecule has 11 heavy (non-hydrogen) atoms. The van der Waals surface area contributed by atoms with E-state index in [1.807, 2.05) is 11.8 Å². The van der Waals surface area contributed by atoms with E-state index in [1.54, 1.807) is 0 Å². The van der Waals surface area contributed by atoms with Crippen molar-refractivity contribution >= 4 is 11.8 Å². The molecule has 2 heteroatoms. The summed E-state index contributed by atoms with van der Waals surface area (Å²) in [5.74, 6) is 1.19. The van der Waals surface area contributed by atoms with Crippen LogP contribution in [0.2, 0.25) is 0 Å². The molecular formula is C9H15NS. The lowest BCUT2D eigenvalue weighted by Gasteiger charge is -2.04. The largest absolute Gasteiger partial charge is 0.312 e. The summed E-state index contributed by atoms with van der Waals surface area (Å²) in [6.07, 6.45) is 4.40. The number of allylic oxidation sites excluding steroid dienone is 2. The van der Waals surface area contributed by atoms with Gasteiger partial charge in [-0.3, -0.25) is 0 Å². The normalized spacial score (nSPS) is 27.5. The van der Waals surface area contributed by atoms with E-state index < -0.39 is 0 Å². The third kappa shape index (κ3) is 2.38. The first-order chi connectivity index (χ1) is 5.38. The van der Waals surface area contributed by atoms with Crippen molar-refractivity contribution in [2.24, 2.45) is 0 Å². The molecule has 0 atom stereocenters. The van der Waals surface area contributed by atoms with E-state index in [-0.39, 0.29) is 0 Å². The molecule has 0 radical (unpaired) electrons. The average molecular weight is 169 g/mol. The van der Waals surface area contributed by atoms with Gasteiger partial charge in [0.1, 0.15) is 0 Å². The average Bonchev–Trinajstić information content (AvgIpc) is 2.27. The Morgan fingerprint density at radius 1 is 1.36 bits per heavy atom. The molecule has 1 rings (SSSR count). The van der Waals surface area contributed by atoms with Crippen LogP contribution in [0.5, 0.6) is 0 Å². The van der Waals surface area contributed by atoms with Crippen LogP contribution in [0.1, 0.15) is 13.8 Å². The molecule has 62 valence electrons. The molecule has 1 heterocycles. The van der Waals surface area contributed by atoms with Crippen molar-refractivity contribution in [1.29, 1.82) is 0 Å². The monoisotopic (exact) mass is 169 g/mol. The SMILES string of the molecule is C/C=C1/CNCCS/C1=C/C. The van der Waals surface area contributed by atoms with Gasteiger partial charge in [-0.05, 0) is 19.4 Å². The number of hydrogen-bond donors (Lipinski definition) is 1. The second-order valence-electron chi connectivity index (χ2n) is 2.49. The molecule has 1 aliphatic heterocycles. The van der Waals surface area contributed by atoms with Gasteiger partial charge in [0.15, 0.2) is 0 Å². The second kappa shape index (κ2) is 4.62. The minimum absolute atomic E-state index is 1.03.